The molecule has 1 aromatic carbocycles. The number of hydrogen-bond donors (Lipinski definition) is 1. The molecule has 0 saturated carbocycles. The van der Waals surface area contributed by atoms with Gasteiger partial charge in [-0.15, -0.1) is 0 Å². The molecule has 0 aliphatic heterocycles. The summed E-state index contributed by atoms with van der Waals surface area (Å²) >= 11 is 0. The van der Waals surface area contributed by atoms with Crippen LogP contribution in [0.1, 0.15) is 97.0 Å². The molecular weight excluding hydrogens is 318 g/mol. The van der Waals surface area contributed by atoms with E-state index in [1.807, 2.05) is 0 Å². The predicted octanol–water partition coefficient (Wildman–Crippen LogP) is 6.75. The topological polar surface area (TPSA) is 23.5 Å². The molecule has 0 fully saturated rings. The minimum absolute atomic E-state index is 0.231. The number of aliphatic hydroxyl groups excluding tert-OH is 1. The standard InChI is InChI=1S/C24H43NO/c1-4-6-8-10-11-12-14-22(3)25(20-13-9-7-5-2)24-17-15-23(16-18-24)19-21-26/h15-18,22,26H,4-14,19-21H2,1-3H3. The Bertz CT molecular complexity index is 428. The maximum absolute atomic E-state index is 9.12. The molecule has 150 valence electrons. The number of benzene rings is 1. The van der Waals surface area contributed by atoms with Crippen molar-refractivity contribution < 1.29 is 5.11 Å². The Balaban J connectivity index is 2.55. The molecule has 0 heterocycles. The van der Waals surface area contributed by atoms with Crippen LogP contribution in [0.2, 0.25) is 0 Å². The summed E-state index contributed by atoms with van der Waals surface area (Å²) in [5.74, 6) is 0. The van der Waals surface area contributed by atoms with E-state index in [0.717, 1.165) is 13.0 Å². The zero-order chi connectivity index (χ0) is 19.0. The average molecular weight is 362 g/mol. The Hall–Kier alpha value is -1.02. The van der Waals surface area contributed by atoms with Gasteiger partial charge in [-0.3, -0.25) is 0 Å². The largest absolute Gasteiger partial charge is 0.396 e. The van der Waals surface area contributed by atoms with Crippen LogP contribution in [0.3, 0.4) is 0 Å². The lowest BCUT2D eigenvalue weighted by molar-refractivity contribution is 0.299. The van der Waals surface area contributed by atoms with Gasteiger partial charge in [-0.1, -0.05) is 83.8 Å². The number of unbranched alkanes of at least 4 members (excludes halogenated alkanes) is 8. The number of nitrogens with zero attached hydrogens (tertiary/aromatic N) is 1. The van der Waals surface area contributed by atoms with Crippen molar-refractivity contribution in [2.45, 2.75) is 104 Å². The van der Waals surface area contributed by atoms with Gasteiger partial charge < -0.3 is 10.0 Å². The molecule has 26 heavy (non-hydrogen) atoms. The minimum Gasteiger partial charge on any atom is -0.396 e. The van der Waals surface area contributed by atoms with Gasteiger partial charge in [0.05, 0.1) is 0 Å². The van der Waals surface area contributed by atoms with E-state index in [-0.39, 0.29) is 6.61 Å². The Kier molecular flexibility index (Phi) is 13.4. The molecular formula is C24H43NO. The van der Waals surface area contributed by atoms with Crippen LogP contribution < -0.4 is 4.90 Å². The Morgan fingerprint density at radius 3 is 2.00 bits per heavy atom. The van der Waals surface area contributed by atoms with Crippen molar-refractivity contribution in [3.05, 3.63) is 29.8 Å². The van der Waals surface area contributed by atoms with E-state index in [0.29, 0.717) is 6.04 Å². The Morgan fingerprint density at radius 2 is 1.38 bits per heavy atom. The van der Waals surface area contributed by atoms with Crippen molar-refractivity contribution in [3.8, 4) is 0 Å². The van der Waals surface area contributed by atoms with Gasteiger partial charge >= 0.3 is 0 Å². The molecule has 0 spiro atoms. The van der Waals surface area contributed by atoms with Gasteiger partial charge in [-0.05, 0) is 43.9 Å². The lowest BCUT2D eigenvalue weighted by atomic mass is 10.0. The summed E-state index contributed by atoms with van der Waals surface area (Å²) in [5, 5.41) is 9.12. The summed E-state index contributed by atoms with van der Waals surface area (Å²) in [5.41, 5.74) is 2.58. The van der Waals surface area contributed by atoms with Gasteiger partial charge in [-0.25, -0.2) is 0 Å². The van der Waals surface area contributed by atoms with Crippen molar-refractivity contribution in [1.82, 2.24) is 0 Å². The van der Waals surface area contributed by atoms with Gasteiger partial charge in [0, 0.05) is 24.9 Å². The molecule has 2 nitrogen and oxygen atoms in total. The average Bonchev–Trinajstić information content (AvgIpc) is 2.65. The number of aliphatic hydroxyl groups is 1. The van der Waals surface area contributed by atoms with Crippen LogP contribution in [0.25, 0.3) is 0 Å². The first-order valence-electron chi connectivity index (χ1n) is 11.2. The first kappa shape index (κ1) is 23.0. The summed E-state index contributed by atoms with van der Waals surface area (Å²) in [6.45, 7) is 8.35. The zero-order valence-electron chi connectivity index (χ0n) is 17.7. The fourth-order valence-electron chi connectivity index (χ4n) is 3.67. The van der Waals surface area contributed by atoms with Gasteiger partial charge in [0.25, 0.3) is 0 Å². The fourth-order valence-corrected chi connectivity index (χ4v) is 3.67. The highest BCUT2D eigenvalue weighted by Crippen LogP contribution is 2.22. The minimum atomic E-state index is 0.231. The summed E-state index contributed by atoms with van der Waals surface area (Å²) in [6, 6.07) is 9.47. The van der Waals surface area contributed by atoms with Crippen molar-refractivity contribution in [2.75, 3.05) is 18.1 Å². The highest BCUT2D eigenvalue weighted by atomic mass is 16.2. The fraction of sp³-hybridized carbons (Fsp3) is 0.750. The van der Waals surface area contributed by atoms with Gasteiger partial charge in [0.15, 0.2) is 0 Å². The van der Waals surface area contributed by atoms with E-state index < -0.39 is 0 Å². The highest BCUT2D eigenvalue weighted by molar-refractivity contribution is 5.48. The molecule has 2 heteroatoms. The third-order valence-corrected chi connectivity index (χ3v) is 5.43. The van der Waals surface area contributed by atoms with Crippen LogP contribution in [-0.4, -0.2) is 24.3 Å². The monoisotopic (exact) mass is 361 g/mol. The Morgan fingerprint density at radius 1 is 0.808 bits per heavy atom. The third kappa shape index (κ3) is 9.62. The van der Waals surface area contributed by atoms with Crippen LogP contribution in [0.15, 0.2) is 24.3 Å². The van der Waals surface area contributed by atoms with Gasteiger partial charge in [0.2, 0.25) is 0 Å². The van der Waals surface area contributed by atoms with Crippen molar-refractivity contribution >= 4 is 5.69 Å². The number of anilines is 1. The second-order valence-corrected chi connectivity index (χ2v) is 7.80. The number of hydrogen-bond acceptors (Lipinski definition) is 2. The second-order valence-electron chi connectivity index (χ2n) is 7.80. The molecule has 1 N–H and O–H groups in total. The predicted molar refractivity (Wildman–Crippen MR) is 116 cm³/mol. The molecule has 0 saturated heterocycles. The quantitative estimate of drug-likeness (QED) is 0.329. The summed E-state index contributed by atoms with van der Waals surface area (Å²) in [6.07, 6.45) is 15.5. The number of rotatable bonds is 16. The molecule has 0 amide bonds. The SMILES string of the molecule is CCCCCCCCC(C)N(CCCCCC)c1ccc(CCO)cc1. The molecule has 0 aliphatic rings. The molecule has 1 atom stereocenters. The highest BCUT2D eigenvalue weighted by Gasteiger charge is 2.14. The first-order chi connectivity index (χ1) is 12.7. The van der Waals surface area contributed by atoms with Crippen LogP contribution in [0.5, 0.6) is 0 Å². The summed E-state index contributed by atoms with van der Waals surface area (Å²) in [7, 11) is 0. The normalized spacial score (nSPS) is 12.3. The first-order valence-corrected chi connectivity index (χ1v) is 11.2. The molecule has 0 aliphatic carbocycles. The summed E-state index contributed by atoms with van der Waals surface area (Å²) < 4.78 is 0. The van der Waals surface area contributed by atoms with Crippen molar-refractivity contribution in [3.63, 3.8) is 0 Å². The molecule has 0 bridgehead atoms. The van der Waals surface area contributed by atoms with E-state index in [9.17, 15) is 0 Å². The molecule has 1 aromatic rings. The van der Waals surface area contributed by atoms with E-state index in [2.05, 4.69) is 49.9 Å². The molecule has 1 unspecified atom stereocenters. The van der Waals surface area contributed by atoms with E-state index in [4.69, 9.17) is 5.11 Å². The lowest BCUT2D eigenvalue weighted by Gasteiger charge is -2.32. The van der Waals surface area contributed by atoms with Gasteiger partial charge in [-0.2, -0.15) is 0 Å². The Labute approximate surface area is 163 Å². The third-order valence-electron chi connectivity index (χ3n) is 5.43. The van der Waals surface area contributed by atoms with Crippen LogP contribution in [-0.2, 0) is 6.42 Å². The van der Waals surface area contributed by atoms with Crippen LogP contribution >= 0.6 is 0 Å². The maximum atomic E-state index is 9.12. The smallest absolute Gasteiger partial charge is 0.0471 e. The lowest BCUT2D eigenvalue weighted by Crippen LogP contribution is -2.34. The van der Waals surface area contributed by atoms with Crippen molar-refractivity contribution in [1.29, 1.82) is 0 Å². The van der Waals surface area contributed by atoms with Crippen molar-refractivity contribution in [2.24, 2.45) is 0 Å². The molecule has 0 aromatic heterocycles. The summed E-state index contributed by atoms with van der Waals surface area (Å²) in [4.78, 5) is 2.62. The van der Waals surface area contributed by atoms with Gasteiger partial charge in [0.1, 0.15) is 0 Å². The maximum Gasteiger partial charge on any atom is 0.0471 e. The van der Waals surface area contributed by atoms with E-state index in [1.165, 1.54) is 81.9 Å². The van der Waals surface area contributed by atoms with E-state index in [1.54, 1.807) is 0 Å². The van der Waals surface area contributed by atoms with Crippen LogP contribution in [0, 0.1) is 0 Å². The molecule has 1 rings (SSSR count). The van der Waals surface area contributed by atoms with Crippen LogP contribution in [0.4, 0.5) is 5.69 Å². The zero-order valence-corrected chi connectivity index (χ0v) is 17.7. The van der Waals surface area contributed by atoms with E-state index >= 15 is 0 Å². The molecule has 0 radical (unpaired) electrons. The second kappa shape index (κ2) is 15.1.